The van der Waals surface area contributed by atoms with Crippen molar-refractivity contribution in [1.29, 1.82) is 0 Å². The lowest BCUT2D eigenvalue weighted by atomic mass is 9.78. The zero-order valence-corrected chi connectivity index (χ0v) is 20.6. The van der Waals surface area contributed by atoms with Crippen LogP contribution in [-0.4, -0.2) is 81.4 Å². The minimum Gasteiger partial charge on any atom is -0.493 e. The molecular formula is C25H31F2N3O4S. The van der Waals surface area contributed by atoms with Crippen molar-refractivity contribution in [2.45, 2.75) is 24.2 Å². The lowest BCUT2D eigenvalue weighted by molar-refractivity contribution is -0.136. The van der Waals surface area contributed by atoms with E-state index < -0.39 is 32.0 Å². The second kappa shape index (κ2) is 10.6. The maximum atomic E-state index is 14.4. The average Bonchev–Trinajstić information content (AvgIpc) is 2.84. The van der Waals surface area contributed by atoms with Crippen molar-refractivity contribution in [3.8, 4) is 5.75 Å². The molecule has 0 spiro atoms. The molecule has 2 fully saturated rings. The number of nitrogens with zero attached hydrogens (tertiary/aromatic N) is 3. The number of carbonyl (C=O) groups excluding carboxylic acids is 1. The summed E-state index contributed by atoms with van der Waals surface area (Å²) in [6, 6.07) is 12.1. The Labute approximate surface area is 205 Å². The highest BCUT2D eigenvalue weighted by Crippen LogP contribution is 2.38. The molecule has 2 saturated heterocycles. The summed E-state index contributed by atoms with van der Waals surface area (Å²) in [5, 5.41) is 0. The zero-order valence-electron chi connectivity index (χ0n) is 19.8. The summed E-state index contributed by atoms with van der Waals surface area (Å²) in [6.07, 6.45) is 1.10. The van der Waals surface area contributed by atoms with E-state index in [4.69, 9.17) is 4.74 Å². The molecule has 2 aliphatic rings. The number of benzene rings is 2. The van der Waals surface area contributed by atoms with Crippen LogP contribution in [0.3, 0.4) is 0 Å². The Balaban J connectivity index is 1.60. The van der Waals surface area contributed by atoms with Gasteiger partial charge in [-0.1, -0.05) is 24.3 Å². The molecule has 4 rings (SSSR count). The quantitative estimate of drug-likeness (QED) is 0.577. The van der Waals surface area contributed by atoms with Gasteiger partial charge in [0.2, 0.25) is 15.9 Å². The highest BCUT2D eigenvalue weighted by Gasteiger charge is 2.44. The van der Waals surface area contributed by atoms with Gasteiger partial charge in [-0.15, -0.1) is 0 Å². The van der Waals surface area contributed by atoms with Gasteiger partial charge >= 0.3 is 0 Å². The van der Waals surface area contributed by atoms with Gasteiger partial charge in [0.1, 0.15) is 17.4 Å². The Morgan fingerprint density at radius 1 is 0.971 bits per heavy atom. The SMILES string of the molecule is CN1CCN(C(=O)C[C@]2(COc3ccccc3)CCCN(S(=O)(=O)c3c(F)cccc3F)C2)CC1. The van der Waals surface area contributed by atoms with Gasteiger partial charge in [-0.3, -0.25) is 4.79 Å². The van der Waals surface area contributed by atoms with Crippen molar-refractivity contribution in [2.24, 2.45) is 5.41 Å². The van der Waals surface area contributed by atoms with E-state index in [1.54, 1.807) is 17.0 Å². The molecule has 0 bridgehead atoms. The molecule has 0 N–H and O–H groups in total. The second-order valence-electron chi connectivity index (χ2n) is 9.46. The van der Waals surface area contributed by atoms with Gasteiger partial charge in [0.15, 0.2) is 4.90 Å². The van der Waals surface area contributed by atoms with Gasteiger partial charge in [0, 0.05) is 51.1 Å². The highest BCUT2D eigenvalue weighted by atomic mass is 32.2. The number of hydrogen-bond donors (Lipinski definition) is 0. The predicted octanol–water partition coefficient (Wildman–Crippen LogP) is 2.98. The number of piperidine rings is 1. The lowest BCUT2D eigenvalue weighted by Crippen LogP contribution is -2.53. The Kier molecular flexibility index (Phi) is 7.73. The van der Waals surface area contributed by atoms with Crippen molar-refractivity contribution >= 4 is 15.9 Å². The van der Waals surface area contributed by atoms with Gasteiger partial charge in [-0.05, 0) is 44.2 Å². The van der Waals surface area contributed by atoms with E-state index >= 15 is 0 Å². The Morgan fingerprint density at radius 3 is 2.29 bits per heavy atom. The van der Waals surface area contributed by atoms with E-state index in [0.29, 0.717) is 31.7 Å². The number of para-hydroxylation sites is 1. The number of halogens is 2. The molecule has 2 aromatic carbocycles. The van der Waals surface area contributed by atoms with Crippen LogP contribution in [0, 0.1) is 17.0 Å². The normalized spacial score (nSPS) is 22.2. The first-order valence-corrected chi connectivity index (χ1v) is 13.2. The van der Waals surface area contributed by atoms with E-state index in [1.807, 2.05) is 25.2 Å². The third-order valence-corrected chi connectivity index (χ3v) is 8.71. The molecule has 2 aliphatic heterocycles. The van der Waals surface area contributed by atoms with Crippen molar-refractivity contribution in [1.82, 2.24) is 14.1 Å². The van der Waals surface area contributed by atoms with Crippen LogP contribution < -0.4 is 4.74 Å². The molecule has 0 unspecified atom stereocenters. The maximum absolute atomic E-state index is 14.4. The Morgan fingerprint density at radius 2 is 1.63 bits per heavy atom. The molecule has 190 valence electrons. The summed E-state index contributed by atoms with van der Waals surface area (Å²) >= 11 is 0. The number of likely N-dealkylation sites (N-methyl/N-ethyl adjacent to an activating group) is 1. The molecule has 1 amide bonds. The zero-order chi connectivity index (χ0) is 25.1. The topological polar surface area (TPSA) is 70.2 Å². The van der Waals surface area contributed by atoms with Crippen LogP contribution in [-0.2, 0) is 14.8 Å². The number of piperazine rings is 1. The monoisotopic (exact) mass is 507 g/mol. The van der Waals surface area contributed by atoms with E-state index in [9.17, 15) is 22.0 Å². The van der Waals surface area contributed by atoms with Crippen LogP contribution in [0.15, 0.2) is 53.4 Å². The van der Waals surface area contributed by atoms with Crippen LogP contribution in [0.5, 0.6) is 5.75 Å². The van der Waals surface area contributed by atoms with E-state index in [-0.39, 0.29) is 32.0 Å². The van der Waals surface area contributed by atoms with Crippen LogP contribution in [0.25, 0.3) is 0 Å². The summed E-state index contributed by atoms with van der Waals surface area (Å²) in [7, 11) is -2.45. The molecule has 2 aromatic rings. The molecule has 0 radical (unpaired) electrons. The maximum Gasteiger partial charge on any atom is 0.248 e. The van der Waals surface area contributed by atoms with E-state index in [1.165, 1.54) is 0 Å². The molecule has 35 heavy (non-hydrogen) atoms. The standard InChI is InChI=1S/C25H31F2N3O4S/c1-28-13-15-29(16-14-28)23(31)17-25(19-34-20-7-3-2-4-8-20)11-6-12-30(18-25)35(32,33)24-21(26)9-5-10-22(24)27/h2-5,7-10H,6,11-19H2,1H3/t25-/m1/s1. The van der Waals surface area contributed by atoms with E-state index in [2.05, 4.69) is 4.90 Å². The molecule has 0 saturated carbocycles. The first-order valence-electron chi connectivity index (χ1n) is 11.8. The minimum absolute atomic E-state index is 0.0601. The summed E-state index contributed by atoms with van der Waals surface area (Å²) < 4.78 is 62.6. The third-order valence-electron chi connectivity index (χ3n) is 6.81. The molecule has 1 atom stereocenters. The van der Waals surface area contributed by atoms with Crippen LogP contribution in [0.4, 0.5) is 8.78 Å². The van der Waals surface area contributed by atoms with Gasteiger partial charge in [-0.2, -0.15) is 4.31 Å². The van der Waals surface area contributed by atoms with Crippen LogP contribution in [0.2, 0.25) is 0 Å². The molecule has 0 aromatic heterocycles. The summed E-state index contributed by atoms with van der Waals surface area (Å²) in [5.41, 5.74) is -0.830. The van der Waals surface area contributed by atoms with Gasteiger partial charge < -0.3 is 14.5 Å². The Bertz CT molecular complexity index is 1120. The fourth-order valence-corrected chi connectivity index (χ4v) is 6.48. The van der Waals surface area contributed by atoms with Crippen LogP contribution in [0.1, 0.15) is 19.3 Å². The Hall–Kier alpha value is -2.56. The van der Waals surface area contributed by atoms with Crippen molar-refractivity contribution < 1.29 is 26.7 Å². The average molecular weight is 508 g/mol. The number of hydrogen-bond acceptors (Lipinski definition) is 5. The molecule has 2 heterocycles. The number of rotatable bonds is 7. The fraction of sp³-hybridized carbons (Fsp3) is 0.480. The first-order chi connectivity index (χ1) is 16.7. The molecule has 10 heteroatoms. The number of ether oxygens (including phenoxy) is 1. The van der Waals surface area contributed by atoms with Crippen molar-refractivity contribution in [3.05, 3.63) is 60.2 Å². The third kappa shape index (κ3) is 5.82. The smallest absolute Gasteiger partial charge is 0.248 e. The van der Waals surface area contributed by atoms with Crippen molar-refractivity contribution in [2.75, 3.05) is 52.9 Å². The molecular weight excluding hydrogens is 476 g/mol. The number of carbonyl (C=O) groups is 1. The summed E-state index contributed by atoms with van der Waals surface area (Å²) in [5.74, 6) is -1.71. The number of sulfonamides is 1. The molecule has 7 nitrogen and oxygen atoms in total. The minimum atomic E-state index is -4.45. The van der Waals surface area contributed by atoms with Gasteiger partial charge in [0.25, 0.3) is 0 Å². The lowest BCUT2D eigenvalue weighted by Gasteiger charge is -2.43. The predicted molar refractivity (Wildman–Crippen MR) is 127 cm³/mol. The van der Waals surface area contributed by atoms with Gasteiger partial charge in [-0.25, -0.2) is 17.2 Å². The highest BCUT2D eigenvalue weighted by molar-refractivity contribution is 7.89. The summed E-state index contributed by atoms with van der Waals surface area (Å²) in [6.45, 7) is 2.92. The second-order valence-corrected chi connectivity index (χ2v) is 11.3. The molecule has 0 aliphatic carbocycles. The first kappa shape index (κ1) is 25.5. The van der Waals surface area contributed by atoms with Crippen LogP contribution >= 0.6 is 0 Å². The largest absolute Gasteiger partial charge is 0.493 e. The summed E-state index contributed by atoms with van der Waals surface area (Å²) in [4.78, 5) is 16.3. The van der Waals surface area contributed by atoms with Gasteiger partial charge in [0.05, 0.1) is 6.61 Å². The fourth-order valence-electron chi connectivity index (χ4n) is 4.78. The number of amides is 1. The van der Waals surface area contributed by atoms with E-state index in [0.717, 1.165) is 35.6 Å². The van der Waals surface area contributed by atoms with Crippen molar-refractivity contribution in [3.63, 3.8) is 0 Å².